The predicted octanol–water partition coefficient (Wildman–Crippen LogP) is 4.49. The number of fused-ring (bicyclic) bond motifs is 1. The van der Waals surface area contributed by atoms with Crippen LogP contribution in [0.4, 0.5) is 0 Å². The van der Waals surface area contributed by atoms with E-state index in [1.807, 2.05) is 43.3 Å². The summed E-state index contributed by atoms with van der Waals surface area (Å²) in [7, 11) is 1.89. The summed E-state index contributed by atoms with van der Waals surface area (Å²) in [6, 6.07) is 8.24. The van der Waals surface area contributed by atoms with Crippen LogP contribution < -0.4 is 0 Å². The lowest BCUT2D eigenvalue weighted by Gasteiger charge is -2.27. The molecule has 0 unspecified atom stereocenters. The van der Waals surface area contributed by atoms with Crippen molar-refractivity contribution in [2.75, 3.05) is 13.6 Å². The van der Waals surface area contributed by atoms with Gasteiger partial charge in [0.2, 0.25) is 0 Å². The SMILES string of the molecule is Cc1ccccc1CN(C)C(=O)c1csc2c1CCN(Cc1c(C)noc1C)C2. The second kappa shape index (κ2) is 8.13. The minimum absolute atomic E-state index is 0.116. The summed E-state index contributed by atoms with van der Waals surface area (Å²) in [5, 5.41) is 6.11. The van der Waals surface area contributed by atoms with Gasteiger partial charge in [-0.05, 0) is 43.9 Å². The first-order valence-corrected chi connectivity index (χ1v) is 10.8. The van der Waals surface area contributed by atoms with Crippen LogP contribution in [-0.4, -0.2) is 34.5 Å². The second-order valence-corrected chi connectivity index (χ2v) is 8.87. The number of rotatable bonds is 5. The summed E-state index contributed by atoms with van der Waals surface area (Å²) in [5.74, 6) is 1.01. The molecule has 0 aliphatic carbocycles. The number of amides is 1. The largest absolute Gasteiger partial charge is 0.361 e. The van der Waals surface area contributed by atoms with Gasteiger partial charge in [-0.3, -0.25) is 9.69 Å². The van der Waals surface area contributed by atoms with Gasteiger partial charge in [0.15, 0.2) is 0 Å². The fourth-order valence-electron chi connectivity index (χ4n) is 3.97. The van der Waals surface area contributed by atoms with Gasteiger partial charge < -0.3 is 9.42 Å². The number of hydrogen-bond acceptors (Lipinski definition) is 5. The lowest BCUT2D eigenvalue weighted by atomic mass is 10.0. The summed E-state index contributed by atoms with van der Waals surface area (Å²) in [6.07, 6.45) is 0.904. The van der Waals surface area contributed by atoms with E-state index < -0.39 is 0 Å². The molecule has 29 heavy (non-hydrogen) atoms. The minimum Gasteiger partial charge on any atom is -0.361 e. The van der Waals surface area contributed by atoms with Gasteiger partial charge in [-0.25, -0.2) is 0 Å². The van der Waals surface area contributed by atoms with Gasteiger partial charge >= 0.3 is 0 Å². The highest BCUT2D eigenvalue weighted by Crippen LogP contribution is 2.31. The van der Waals surface area contributed by atoms with Gasteiger partial charge in [0.25, 0.3) is 5.91 Å². The van der Waals surface area contributed by atoms with Crippen molar-refractivity contribution in [2.45, 2.75) is 46.8 Å². The first-order chi connectivity index (χ1) is 13.9. The van der Waals surface area contributed by atoms with Crippen molar-refractivity contribution < 1.29 is 9.32 Å². The molecule has 0 saturated heterocycles. The number of thiophene rings is 1. The van der Waals surface area contributed by atoms with Crippen LogP contribution in [0.3, 0.4) is 0 Å². The predicted molar refractivity (Wildman–Crippen MR) is 115 cm³/mol. The molecule has 0 radical (unpaired) electrons. The van der Waals surface area contributed by atoms with Gasteiger partial charge in [-0.15, -0.1) is 11.3 Å². The van der Waals surface area contributed by atoms with Crippen LogP contribution in [0.5, 0.6) is 0 Å². The van der Waals surface area contributed by atoms with Crippen LogP contribution in [0.2, 0.25) is 0 Å². The van der Waals surface area contributed by atoms with Gasteiger partial charge in [0, 0.05) is 49.0 Å². The Morgan fingerprint density at radius 3 is 2.79 bits per heavy atom. The topological polar surface area (TPSA) is 49.6 Å². The highest BCUT2D eigenvalue weighted by atomic mass is 32.1. The standard InChI is InChI=1S/C23H27N3O2S/c1-15-7-5-6-8-18(15)11-25(4)23(27)21-14-29-22-13-26(10-9-19(21)22)12-20-16(2)24-28-17(20)3/h5-8,14H,9-13H2,1-4H3. The zero-order chi connectivity index (χ0) is 20.5. The Labute approximate surface area is 175 Å². The molecule has 0 N–H and O–H groups in total. The fourth-order valence-corrected chi connectivity index (χ4v) is 5.08. The number of aromatic nitrogens is 1. The molecule has 3 aromatic rings. The molecule has 5 nitrogen and oxygen atoms in total. The molecule has 0 bridgehead atoms. The van der Waals surface area contributed by atoms with E-state index in [0.29, 0.717) is 6.54 Å². The third-order valence-corrected chi connectivity index (χ3v) is 6.85. The maximum atomic E-state index is 13.1. The van der Waals surface area contributed by atoms with Crippen LogP contribution in [0, 0.1) is 20.8 Å². The zero-order valence-electron chi connectivity index (χ0n) is 17.5. The number of aryl methyl sites for hydroxylation is 3. The molecule has 0 spiro atoms. The molecule has 1 amide bonds. The van der Waals surface area contributed by atoms with Gasteiger partial charge in [0.05, 0.1) is 11.3 Å². The summed E-state index contributed by atoms with van der Waals surface area (Å²) >= 11 is 1.70. The van der Waals surface area contributed by atoms with Gasteiger partial charge in [-0.2, -0.15) is 0 Å². The number of nitrogens with zero attached hydrogens (tertiary/aromatic N) is 3. The van der Waals surface area contributed by atoms with Crippen LogP contribution in [-0.2, 0) is 26.1 Å². The smallest absolute Gasteiger partial charge is 0.255 e. The van der Waals surface area contributed by atoms with Crippen molar-refractivity contribution in [3.8, 4) is 0 Å². The maximum absolute atomic E-state index is 13.1. The Balaban J connectivity index is 1.46. The van der Waals surface area contributed by atoms with E-state index in [2.05, 4.69) is 29.1 Å². The summed E-state index contributed by atoms with van der Waals surface area (Å²) in [4.78, 5) is 18.7. The van der Waals surface area contributed by atoms with E-state index in [-0.39, 0.29) is 5.91 Å². The monoisotopic (exact) mass is 409 g/mol. The van der Waals surface area contributed by atoms with Gasteiger partial charge in [-0.1, -0.05) is 29.4 Å². The third kappa shape index (κ3) is 4.00. The molecule has 0 fully saturated rings. The second-order valence-electron chi connectivity index (χ2n) is 7.90. The molecular weight excluding hydrogens is 382 g/mol. The molecule has 6 heteroatoms. The molecule has 2 aromatic heterocycles. The Morgan fingerprint density at radius 2 is 2.07 bits per heavy atom. The van der Waals surface area contributed by atoms with Crippen molar-refractivity contribution in [1.29, 1.82) is 0 Å². The molecule has 1 aliphatic heterocycles. The first-order valence-electron chi connectivity index (χ1n) is 9.97. The number of benzene rings is 1. The third-order valence-electron chi connectivity index (χ3n) is 5.83. The Hall–Kier alpha value is -2.44. The molecule has 3 heterocycles. The van der Waals surface area contributed by atoms with E-state index >= 15 is 0 Å². The summed E-state index contributed by atoms with van der Waals surface area (Å²) in [5.41, 5.74) is 6.66. The quantitative estimate of drug-likeness (QED) is 0.623. The lowest BCUT2D eigenvalue weighted by molar-refractivity contribution is 0.0783. The van der Waals surface area contributed by atoms with Gasteiger partial charge in [0.1, 0.15) is 5.76 Å². The number of hydrogen-bond donors (Lipinski definition) is 0. The van der Waals surface area contributed by atoms with Crippen LogP contribution in [0.25, 0.3) is 0 Å². The highest BCUT2D eigenvalue weighted by molar-refractivity contribution is 7.10. The summed E-state index contributed by atoms with van der Waals surface area (Å²) in [6.45, 7) is 9.34. The van der Waals surface area contributed by atoms with Crippen molar-refractivity contribution in [1.82, 2.24) is 15.0 Å². The van der Waals surface area contributed by atoms with E-state index in [0.717, 1.165) is 43.1 Å². The fraction of sp³-hybridized carbons (Fsp3) is 0.391. The van der Waals surface area contributed by atoms with Crippen molar-refractivity contribution in [3.05, 3.63) is 73.8 Å². The molecule has 4 rings (SSSR count). The number of carbonyl (C=O) groups is 1. The average Bonchev–Trinajstić information content (AvgIpc) is 3.27. The first kappa shape index (κ1) is 19.9. The average molecular weight is 410 g/mol. The molecule has 1 aliphatic rings. The Morgan fingerprint density at radius 1 is 1.28 bits per heavy atom. The van der Waals surface area contributed by atoms with Crippen LogP contribution in [0.15, 0.2) is 34.2 Å². The maximum Gasteiger partial charge on any atom is 0.255 e. The molecule has 1 aromatic carbocycles. The Bertz CT molecular complexity index is 1020. The van der Waals surface area contributed by atoms with Crippen molar-refractivity contribution in [2.24, 2.45) is 0 Å². The summed E-state index contributed by atoms with van der Waals surface area (Å²) < 4.78 is 5.30. The number of carbonyl (C=O) groups excluding carboxylic acids is 1. The molecular formula is C23H27N3O2S. The zero-order valence-corrected chi connectivity index (χ0v) is 18.3. The minimum atomic E-state index is 0.116. The highest BCUT2D eigenvalue weighted by Gasteiger charge is 2.26. The van der Waals surface area contributed by atoms with E-state index in [1.54, 1.807) is 11.3 Å². The Kier molecular flexibility index (Phi) is 5.56. The van der Waals surface area contributed by atoms with Crippen molar-refractivity contribution in [3.63, 3.8) is 0 Å². The normalized spacial score (nSPS) is 14.1. The lowest BCUT2D eigenvalue weighted by Crippen LogP contribution is -2.32. The van der Waals surface area contributed by atoms with E-state index in [1.165, 1.54) is 27.1 Å². The van der Waals surface area contributed by atoms with Crippen molar-refractivity contribution >= 4 is 17.2 Å². The van der Waals surface area contributed by atoms with E-state index in [4.69, 9.17) is 4.52 Å². The molecule has 0 atom stereocenters. The van der Waals surface area contributed by atoms with E-state index in [9.17, 15) is 4.79 Å². The molecule has 0 saturated carbocycles. The van der Waals surface area contributed by atoms with Crippen LogP contribution in [0.1, 0.15) is 48.9 Å². The molecule has 152 valence electrons. The van der Waals surface area contributed by atoms with Crippen LogP contribution >= 0.6 is 11.3 Å².